The largest absolute Gasteiger partial charge is 0.476 e. The first-order valence-corrected chi connectivity index (χ1v) is 12.9. The Balaban J connectivity index is 1.62. The quantitative estimate of drug-likeness (QED) is 0.557. The van der Waals surface area contributed by atoms with Crippen molar-refractivity contribution in [1.82, 2.24) is 5.32 Å². The molecule has 0 aliphatic carbocycles. The summed E-state index contributed by atoms with van der Waals surface area (Å²) < 4.78 is 34.4. The normalized spacial score (nSPS) is 16.4. The van der Waals surface area contributed by atoms with Gasteiger partial charge in [0.2, 0.25) is 0 Å². The summed E-state index contributed by atoms with van der Waals surface area (Å²) in [5.74, 6) is 0.0189. The van der Waals surface area contributed by atoms with Gasteiger partial charge >= 0.3 is 0 Å². The summed E-state index contributed by atoms with van der Waals surface area (Å²) in [6.07, 6.45) is -0.0342. The molecule has 1 heterocycles. The second-order valence-electron chi connectivity index (χ2n) is 8.75. The van der Waals surface area contributed by atoms with Crippen molar-refractivity contribution in [3.8, 4) is 5.75 Å². The zero-order chi connectivity index (χ0) is 24.5. The molecule has 2 unspecified atom stereocenters. The number of hydrogen-bond donors (Lipinski definition) is 1. The van der Waals surface area contributed by atoms with Crippen molar-refractivity contribution in [2.45, 2.75) is 51.2 Å². The molecular weight excluding hydrogens is 448 g/mol. The van der Waals surface area contributed by atoms with Crippen molar-refractivity contribution in [2.24, 2.45) is 0 Å². The minimum absolute atomic E-state index is 0.112. The number of ether oxygens (including phenoxy) is 1. The number of nitrogens with one attached hydrogen (secondary N) is 1. The molecule has 3 aromatic rings. The molecule has 0 aromatic heterocycles. The summed E-state index contributed by atoms with van der Waals surface area (Å²) in [5, 5.41) is 2.98. The highest BCUT2D eigenvalue weighted by atomic mass is 32.2. The molecule has 0 bridgehead atoms. The highest BCUT2D eigenvalue weighted by Gasteiger charge is 2.38. The van der Waals surface area contributed by atoms with Crippen LogP contribution in [0.15, 0.2) is 71.6 Å². The van der Waals surface area contributed by atoms with E-state index in [1.54, 1.807) is 36.4 Å². The van der Waals surface area contributed by atoms with Crippen LogP contribution >= 0.6 is 0 Å². The maximum absolute atomic E-state index is 13.6. The van der Waals surface area contributed by atoms with Gasteiger partial charge in [0.15, 0.2) is 6.10 Å². The number of carbonyl (C=O) groups is 1. The first-order valence-electron chi connectivity index (χ1n) is 11.4. The van der Waals surface area contributed by atoms with Crippen LogP contribution in [0.3, 0.4) is 0 Å². The lowest BCUT2D eigenvalue weighted by molar-refractivity contribution is -0.128. The molecule has 3 aromatic carbocycles. The first-order chi connectivity index (χ1) is 16.2. The van der Waals surface area contributed by atoms with E-state index >= 15 is 0 Å². The number of anilines is 1. The number of amides is 1. The minimum Gasteiger partial charge on any atom is -0.476 e. The van der Waals surface area contributed by atoms with Crippen LogP contribution in [0.5, 0.6) is 5.75 Å². The van der Waals surface area contributed by atoms with Gasteiger partial charge in [-0.1, -0.05) is 55.0 Å². The second kappa shape index (κ2) is 9.50. The number of aryl methyl sites for hydroxylation is 3. The smallest absolute Gasteiger partial charge is 0.264 e. The number of nitrogens with zero attached hydrogens (tertiary/aromatic N) is 1. The zero-order valence-corrected chi connectivity index (χ0v) is 20.7. The lowest BCUT2D eigenvalue weighted by Gasteiger charge is -2.35. The van der Waals surface area contributed by atoms with Crippen molar-refractivity contribution < 1.29 is 17.9 Å². The molecule has 0 spiro atoms. The van der Waals surface area contributed by atoms with Crippen LogP contribution in [0, 0.1) is 13.8 Å². The number of rotatable bonds is 6. The third-order valence-corrected chi connectivity index (χ3v) is 7.93. The first kappa shape index (κ1) is 23.8. The highest BCUT2D eigenvalue weighted by Crippen LogP contribution is 2.38. The molecule has 4 rings (SSSR count). The average Bonchev–Trinajstić information content (AvgIpc) is 2.83. The average molecular weight is 479 g/mol. The monoisotopic (exact) mass is 478 g/mol. The van der Waals surface area contributed by atoms with Crippen molar-refractivity contribution in [1.29, 1.82) is 0 Å². The fourth-order valence-electron chi connectivity index (χ4n) is 3.99. The van der Waals surface area contributed by atoms with Gasteiger partial charge in [-0.05, 0) is 68.1 Å². The number of sulfonamides is 1. The fourth-order valence-corrected chi connectivity index (χ4v) is 5.47. The van der Waals surface area contributed by atoms with E-state index in [1.807, 2.05) is 51.1 Å². The van der Waals surface area contributed by atoms with Crippen LogP contribution < -0.4 is 14.4 Å². The van der Waals surface area contributed by atoms with E-state index in [9.17, 15) is 13.2 Å². The molecule has 1 aliphatic rings. The van der Waals surface area contributed by atoms with Crippen molar-refractivity contribution in [3.05, 3.63) is 89.0 Å². The van der Waals surface area contributed by atoms with Gasteiger partial charge in [0.1, 0.15) is 5.75 Å². The van der Waals surface area contributed by atoms with E-state index in [-0.39, 0.29) is 23.4 Å². The Bertz CT molecular complexity index is 1290. The predicted octanol–water partition coefficient (Wildman–Crippen LogP) is 4.70. The molecule has 0 saturated carbocycles. The third kappa shape index (κ3) is 4.80. The molecule has 6 nitrogen and oxygen atoms in total. The minimum atomic E-state index is -3.89. The summed E-state index contributed by atoms with van der Waals surface area (Å²) in [4.78, 5) is 13.4. The number of fused-ring (bicyclic) bond motifs is 1. The second-order valence-corrected chi connectivity index (χ2v) is 10.6. The molecule has 0 fully saturated rings. The summed E-state index contributed by atoms with van der Waals surface area (Å²) in [6, 6.07) is 19.9. The summed E-state index contributed by atoms with van der Waals surface area (Å²) in [5.41, 5.74) is 4.51. The summed E-state index contributed by atoms with van der Waals surface area (Å²) >= 11 is 0. The van der Waals surface area contributed by atoms with Crippen molar-refractivity contribution in [2.75, 3.05) is 10.8 Å². The SMILES string of the molecule is CCc1ccc(C(C)NC(=O)C2CN(S(=O)(=O)c3ccc(C)cc3)c3ccc(C)cc3O2)cc1. The Morgan fingerprint density at radius 2 is 1.68 bits per heavy atom. The van der Waals surface area contributed by atoms with Gasteiger partial charge in [0.25, 0.3) is 15.9 Å². The summed E-state index contributed by atoms with van der Waals surface area (Å²) in [6.45, 7) is 7.69. The van der Waals surface area contributed by atoms with Crippen molar-refractivity contribution in [3.63, 3.8) is 0 Å². The maximum atomic E-state index is 13.6. The molecule has 1 amide bonds. The molecule has 178 valence electrons. The highest BCUT2D eigenvalue weighted by molar-refractivity contribution is 7.92. The molecular formula is C27H30N2O4S. The Hall–Kier alpha value is -3.32. The standard InChI is InChI=1S/C27H30N2O4S/c1-5-21-9-11-22(12-10-21)20(4)28-27(30)26-17-29(24-15-8-19(3)16-25(24)33-26)34(31,32)23-13-6-18(2)7-14-23/h6-16,20,26H,5,17H2,1-4H3,(H,28,30). The van der Waals surface area contributed by atoms with E-state index < -0.39 is 16.1 Å². The Morgan fingerprint density at radius 3 is 2.32 bits per heavy atom. The van der Waals surface area contributed by atoms with Gasteiger partial charge in [-0.3, -0.25) is 9.10 Å². The Labute approximate surface area is 201 Å². The Kier molecular flexibility index (Phi) is 6.66. The van der Waals surface area contributed by atoms with Gasteiger partial charge in [0.05, 0.1) is 23.2 Å². The van der Waals surface area contributed by atoms with Gasteiger partial charge < -0.3 is 10.1 Å². The molecule has 2 atom stereocenters. The van der Waals surface area contributed by atoms with Crippen LogP contribution in [0.4, 0.5) is 5.69 Å². The zero-order valence-electron chi connectivity index (χ0n) is 19.9. The van der Waals surface area contributed by atoms with E-state index in [2.05, 4.69) is 12.2 Å². The summed E-state index contributed by atoms with van der Waals surface area (Å²) in [7, 11) is -3.89. The third-order valence-electron chi connectivity index (χ3n) is 6.13. The van der Waals surface area contributed by atoms with Crippen LogP contribution in [0.1, 0.15) is 42.1 Å². The lowest BCUT2D eigenvalue weighted by atomic mass is 10.0. The van der Waals surface area contributed by atoms with E-state index in [4.69, 9.17) is 4.74 Å². The Morgan fingerprint density at radius 1 is 1.03 bits per heavy atom. The molecule has 1 N–H and O–H groups in total. The van der Waals surface area contributed by atoms with Gasteiger partial charge in [-0.25, -0.2) is 8.42 Å². The number of benzene rings is 3. The molecule has 0 radical (unpaired) electrons. The van der Waals surface area contributed by atoms with E-state index in [0.717, 1.165) is 23.1 Å². The van der Waals surface area contributed by atoms with E-state index in [1.165, 1.54) is 9.87 Å². The van der Waals surface area contributed by atoms with Crippen molar-refractivity contribution >= 4 is 21.6 Å². The molecule has 0 saturated heterocycles. The lowest BCUT2D eigenvalue weighted by Crippen LogP contribution is -2.51. The fraction of sp³-hybridized carbons (Fsp3) is 0.296. The van der Waals surface area contributed by atoms with Crippen LogP contribution in [-0.2, 0) is 21.2 Å². The maximum Gasteiger partial charge on any atom is 0.264 e. The van der Waals surface area contributed by atoms with Gasteiger partial charge in [-0.15, -0.1) is 0 Å². The molecule has 34 heavy (non-hydrogen) atoms. The van der Waals surface area contributed by atoms with E-state index in [0.29, 0.717) is 11.4 Å². The van der Waals surface area contributed by atoms with Crippen LogP contribution in [0.2, 0.25) is 0 Å². The number of hydrogen-bond acceptors (Lipinski definition) is 4. The molecule has 1 aliphatic heterocycles. The van der Waals surface area contributed by atoms with Crippen LogP contribution in [0.25, 0.3) is 0 Å². The van der Waals surface area contributed by atoms with Crippen LogP contribution in [-0.4, -0.2) is 27.0 Å². The predicted molar refractivity (Wildman–Crippen MR) is 134 cm³/mol. The van der Waals surface area contributed by atoms with Gasteiger partial charge in [-0.2, -0.15) is 0 Å². The molecule has 7 heteroatoms. The van der Waals surface area contributed by atoms with Gasteiger partial charge in [0, 0.05) is 0 Å². The number of carbonyl (C=O) groups excluding carboxylic acids is 1. The topological polar surface area (TPSA) is 75.7 Å².